The minimum atomic E-state index is -0.590. The third-order valence-electron chi connectivity index (χ3n) is 3.13. The van der Waals surface area contributed by atoms with Gasteiger partial charge < -0.3 is 9.64 Å². The van der Waals surface area contributed by atoms with E-state index < -0.39 is 11.5 Å². The first-order valence-electron chi connectivity index (χ1n) is 6.26. The quantitative estimate of drug-likeness (QED) is 0.632. The summed E-state index contributed by atoms with van der Waals surface area (Å²) in [7, 11) is 0. The van der Waals surface area contributed by atoms with Gasteiger partial charge in [-0.1, -0.05) is 0 Å². The Morgan fingerprint density at radius 1 is 1.53 bits per heavy atom. The molecule has 0 fully saturated rings. The van der Waals surface area contributed by atoms with Crippen LogP contribution in [0.15, 0.2) is 18.2 Å². The van der Waals surface area contributed by atoms with Crippen LogP contribution >= 0.6 is 11.6 Å². The number of benzene rings is 1. The maximum Gasteiger partial charge on any atom is 0.267 e. The predicted molar refractivity (Wildman–Crippen MR) is 74.2 cm³/mol. The number of rotatable bonds is 3. The molecule has 0 saturated heterocycles. The highest BCUT2D eigenvalue weighted by Gasteiger charge is 2.31. The van der Waals surface area contributed by atoms with Crippen LogP contribution in [0.3, 0.4) is 0 Å². The van der Waals surface area contributed by atoms with Gasteiger partial charge in [0.05, 0.1) is 11.1 Å². The summed E-state index contributed by atoms with van der Waals surface area (Å²) in [6.45, 7) is 5.77. The monoisotopic (exact) mass is 281 g/mol. The minimum absolute atomic E-state index is 0.0986. The number of hydrogen-bond acceptors (Lipinski definition) is 3. The molecule has 0 aliphatic carbocycles. The Balaban J connectivity index is 2.46. The van der Waals surface area contributed by atoms with Gasteiger partial charge >= 0.3 is 0 Å². The fourth-order valence-electron chi connectivity index (χ4n) is 2.12. The number of fused-ring (bicyclic) bond motifs is 1. The zero-order chi connectivity index (χ0) is 14.2. The summed E-state index contributed by atoms with van der Waals surface area (Å²) < 4.78 is 5.54. The van der Waals surface area contributed by atoms with Crippen molar-refractivity contribution in [1.82, 2.24) is 0 Å². The molecule has 2 unspecified atom stereocenters. The van der Waals surface area contributed by atoms with E-state index in [0.717, 1.165) is 0 Å². The van der Waals surface area contributed by atoms with Crippen molar-refractivity contribution in [2.75, 3.05) is 11.4 Å². The van der Waals surface area contributed by atoms with Gasteiger partial charge in [0, 0.05) is 12.1 Å². The third-order valence-corrected chi connectivity index (χ3v) is 3.33. The van der Waals surface area contributed by atoms with Gasteiger partial charge in [0.1, 0.15) is 5.75 Å². The van der Waals surface area contributed by atoms with Crippen molar-refractivity contribution in [3.8, 4) is 5.75 Å². The molecule has 1 aliphatic heterocycles. The Hall–Kier alpha value is -1.55. The van der Waals surface area contributed by atoms with Crippen molar-refractivity contribution in [3.63, 3.8) is 0 Å². The van der Waals surface area contributed by atoms with Crippen molar-refractivity contribution in [2.24, 2.45) is 0 Å². The summed E-state index contributed by atoms with van der Waals surface area (Å²) in [5.41, 5.74) is 1.12. The van der Waals surface area contributed by atoms with Crippen molar-refractivity contribution in [1.29, 1.82) is 0 Å². The average molecular weight is 282 g/mol. The second-order valence-corrected chi connectivity index (χ2v) is 5.16. The number of alkyl halides is 1. The Morgan fingerprint density at radius 3 is 2.79 bits per heavy atom. The number of Topliss-reactive ketones (excluding diaryl/α,β-unsaturated/α-hetero) is 1. The maximum absolute atomic E-state index is 12.0. The fourth-order valence-corrected chi connectivity index (χ4v) is 2.24. The molecular weight excluding hydrogens is 266 g/mol. The number of amides is 1. The number of ketones is 1. The zero-order valence-corrected chi connectivity index (χ0v) is 11.9. The predicted octanol–water partition coefficient (Wildman–Crippen LogP) is 2.63. The average Bonchev–Trinajstić information content (AvgIpc) is 2.39. The van der Waals surface area contributed by atoms with Gasteiger partial charge in [-0.05, 0) is 39.0 Å². The molecule has 1 heterocycles. The summed E-state index contributed by atoms with van der Waals surface area (Å²) in [4.78, 5) is 25.5. The van der Waals surface area contributed by atoms with E-state index in [1.807, 2.05) is 6.92 Å². The third kappa shape index (κ3) is 2.45. The number of carbonyl (C=O) groups is 2. The van der Waals surface area contributed by atoms with Crippen molar-refractivity contribution < 1.29 is 14.3 Å². The molecule has 1 amide bonds. The molecule has 19 heavy (non-hydrogen) atoms. The Labute approximate surface area is 117 Å². The molecule has 1 aliphatic rings. The molecule has 0 radical (unpaired) electrons. The standard InChI is InChI=1S/C14H16ClNO3/c1-4-16-11-7-10(13(17)8(2)15)5-6-12(11)19-9(3)14(16)18/h5-9H,4H2,1-3H3. The first-order chi connectivity index (χ1) is 8.95. The number of likely N-dealkylation sites (N-methyl/N-ethyl adjacent to an activating group) is 1. The van der Waals surface area contributed by atoms with Crippen LogP contribution in [0.2, 0.25) is 0 Å². The van der Waals surface area contributed by atoms with E-state index in [9.17, 15) is 9.59 Å². The lowest BCUT2D eigenvalue weighted by Crippen LogP contribution is -2.44. The highest BCUT2D eigenvalue weighted by atomic mass is 35.5. The normalized spacial score (nSPS) is 19.7. The summed E-state index contributed by atoms with van der Waals surface area (Å²) in [5, 5.41) is -0.590. The van der Waals surface area contributed by atoms with E-state index in [0.29, 0.717) is 23.5 Å². The number of nitrogens with zero attached hydrogens (tertiary/aromatic N) is 1. The van der Waals surface area contributed by atoms with Crippen LogP contribution in [0.5, 0.6) is 5.75 Å². The van der Waals surface area contributed by atoms with Crippen molar-refractivity contribution in [3.05, 3.63) is 23.8 Å². The van der Waals surface area contributed by atoms with E-state index in [1.165, 1.54) is 0 Å². The fraction of sp³-hybridized carbons (Fsp3) is 0.429. The number of halogens is 1. The van der Waals surface area contributed by atoms with Crippen molar-refractivity contribution in [2.45, 2.75) is 32.3 Å². The molecular formula is C14H16ClNO3. The SMILES string of the molecule is CCN1C(=O)C(C)Oc2ccc(C(=O)C(C)Cl)cc21. The lowest BCUT2D eigenvalue weighted by Gasteiger charge is -2.32. The van der Waals surface area contributed by atoms with Crippen LogP contribution < -0.4 is 9.64 Å². The first kappa shape index (κ1) is 13.9. The lowest BCUT2D eigenvalue weighted by atomic mass is 10.1. The van der Waals surface area contributed by atoms with Gasteiger partial charge in [-0.3, -0.25) is 9.59 Å². The largest absolute Gasteiger partial charge is 0.479 e. The number of ether oxygens (including phenoxy) is 1. The summed E-state index contributed by atoms with van der Waals surface area (Å²) >= 11 is 5.81. The Morgan fingerprint density at radius 2 is 2.21 bits per heavy atom. The molecule has 2 atom stereocenters. The van der Waals surface area contributed by atoms with Gasteiger partial charge in [-0.2, -0.15) is 0 Å². The van der Waals surface area contributed by atoms with E-state index in [2.05, 4.69) is 0 Å². The molecule has 1 aromatic carbocycles. The molecule has 0 bridgehead atoms. The van der Waals surface area contributed by atoms with Gasteiger partial charge in [0.2, 0.25) is 0 Å². The molecule has 1 aromatic rings. The van der Waals surface area contributed by atoms with E-state index >= 15 is 0 Å². The first-order valence-corrected chi connectivity index (χ1v) is 6.69. The topological polar surface area (TPSA) is 46.6 Å². The smallest absolute Gasteiger partial charge is 0.267 e. The van der Waals surface area contributed by atoms with Crippen molar-refractivity contribution >= 4 is 29.0 Å². The molecule has 0 saturated carbocycles. The maximum atomic E-state index is 12.0. The summed E-state index contributed by atoms with van der Waals surface area (Å²) in [5.74, 6) is 0.359. The van der Waals surface area contributed by atoms with E-state index in [1.54, 1.807) is 36.9 Å². The van der Waals surface area contributed by atoms with Crippen LogP contribution in [0.1, 0.15) is 31.1 Å². The second kappa shape index (κ2) is 5.21. The summed E-state index contributed by atoms with van der Waals surface area (Å²) in [6.07, 6.45) is -0.499. The molecule has 0 N–H and O–H groups in total. The zero-order valence-electron chi connectivity index (χ0n) is 11.1. The Bertz CT molecular complexity index is 527. The van der Waals surface area contributed by atoms with Gasteiger partial charge in [0.15, 0.2) is 11.9 Å². The minimum Gasteiger partial charge on any atom is -0.479 e. The molecule has 4 nitrogen and oxygen atoms in total. The number of anilines is 1. The highest BCUT2D eigenvalue weighted by molar-refractivity contribution is 6.33. The van der Waals surface area contributed by atoms with Crippen LogP contribution in [-0.4, -0.2) is 29.7 Å². The van der Waals surface area contributed by atoms with Crippen LogP contribution in [0.25, 0.3) is 0 Å². The molecule has 2 rings (SSSR count). The van der Waals surface area contributed by atoms with E-state index in [-0.39, 0.29) is 11.7 Å². The van der Waals surface area contributed by atoms with Gasteiger partial charge in [0.25, 0.3) is 5.91 Å². The van der Waals surface area contributed by atoms with Crippen LogP contribution in [0, 0.1) is 0 Å². The van der Waals surface area contributed by atoms with Crippen LogP contribution in [-0.2, 0) is 4.79 Å². The van der Waals surface area contributed by atoms with Gasteiger partial charge in [-0.25, -0.2) is 0 Å². The second-order valence-electron chi connectivity index (χ2n) is 4.51. The van der Waals surface area contributed by atoms with Gasteiger partial charge in [-0.15, -0.1) is 11.6 Å². The van der Waals surface area contributed by atoms with E-state index in [4.69, 9.17) is 16.3 Å². The molecule has 102 valence electrons. The number of carbonyl (C=O) groups excluding carboxylic acids is 2. The molecule has 0 spiro atoms. The lowest BCUT2D eigenvalue weighted by molar-refractivity contribution is -0.125. The molecule has 0 aromatic heterocycles. The molecule has 5 heteroatoms. The highest BCUT2D eigenvalue weighted by Crippen LogP contribution is 2.35. The summed E-state index contributed by atoms with van der Waals surface area (Å²) in [6, 6.07) is 5.06. The van der Waals surface area contributed by atoms with Crippen LogP contribution in [0.4, 0.5) is 5.69 Å². The number of hydrogen-bond donors (Lipinski definition) is 0. The Kier molecular flexibility index (Phi) is 3.80.